The Morgan fingerprint density at radius 3 is 2.93 bits per heavy atom. The summed E-state index contributed by atoms with van der Waals surface area (Å²) in [7, 11) is 1.63. The number of nitrogens with one attached hydrogen (secondary N) is 2. The van der Waals surface area contributed by atoms with Gasteiger partial charge in [0.15, 0.2) is 0 Å². The Hall–Kier alpha value is -3.27. The van der Waals surface area contributed by atoms with Crippen LogP contribution in [0.15, 0.2) is 42.5 Å². The molecule has 1 aliphatic rings. The number of methoxy groups -OCH3 is 1. The van der Waals surface area contributed by atoms with Crippen molar-refractivity contribution in [3.63, 3.8) is 0 Å². The average molecular weight is 410 g/mol. The van der Waals surface area contributed by atoms with Crippen LogP contribution >= 0.6 is 0 Å². The van der Waals surface area contributed by atoms with Crippen molar-refractivity contribution in [2.75, 3.05) is 25.1 Å². The molecule has 158 valence electrons. The van der Waals surface area contributed by atoms with Crippen molar-refractivity contribution in [1.82, 2.24) is 10.6 Å². The topological polar surface area (TPSA) is 77.4 Å². The van der Waals surface area contributed by atoms with Gasteiger partial charge >= 0.3 is 6.03 Å². The molecule has 7 heteroatoms. The SMILES string of the molecule is COc1cccc(CC(C)NC(=O)NC2CCCN(c3ccc(C#N)cc3F)C2)c1. The molecular formula is C23H27FN4O2. The van der Waals surface area contributed by atoms with Gasteiger partial charge in [0.05, 0.1) is 24.4 Å². The summed E-state index contributed by atoms with van der Waals surface area (Å²) in [4.78, 5) is 14.4. The van der Waals surface area contributed by atoms with E-state index >= 15 is 0 Å². The summed E-state index contributed by atoms with van der Waals surface area (Å²) in [5, 5.41) is 14.9. The first kappa shape index (κ1) is 21.4. The van der Waals surface area contributed by atoms with E-state index in [-0.39, 0.29) is 18.1 Å². The van der Waals surface area contributed by atoms with Crippen molar-refractivity contribution >= 4 is 11.7 Å². The van der Waals surface area contributed by atoms with Crippen molar-refractivity contribution in [3.8, 4) is 11.8 Å². The Bertz CT molecular complexity index is 928. The zero-order valence-corrected chi connectivity index (χ0v) is 17.3. The molecule has 2 aromatic rings. The number of amides is 2. The highest BCUT2D eigenvalue weighted by molar-refractivity contribution is 5.74. The molecule has 2 aromatic carbocycles. The van der Waals surface area contributed by atoms with Crippen molar-refractivity contribution in [1.29, 1.82) is 5.26 Å². The van der Waals surface area contributed by atoms with Crippen LogP contribution in [-0.2, 0) is 6.42 Å². The molecule has 1 saturated heterocycles. The molecule has 0 radical (unpaired) electrons. The lowest BCUT2D eigenvalue weighted by molar-refractivity contribution is 0.232. The first-order valence-corrected chi connectivity index (χ1v) is 10.1. The molecule has 6 nitrogen and oxygen atoms in total. The summed E-state index contributed by atoms with van der Waals surface area (Å²) < 4.78 is 19.6. The minimum atomic E-state index is -0.411. The number of anilines is 1. The van der Waals surface area contributed by atoms with E-state index in [1.165, 1.54) is 6.07 Å². The third-order valence-corrected chi connectivity index (χ3v) is 5.23. The van der Waals surface area contributed by atoms with Crippen molar-refractivity contribution in [2.45, 2.75) is 38.3 Å². The fourth-order valence-corrected chi connectivity index (χ4v) is 3.80. The van der Waals surface area contributed by atoms with Crippen LogP contribution in [0.25, 0.3) is 0 Å². The molecule has 0 bridgehead atoms. The van der Waals surface area contributed by atoms with E-state index < -0.39 is 5.82 Å². The molecule has 1 fully saturated rings. The molecule has 2 amide bonds. The highest BCUT2D eigenvalue weighted by Gasteiger charge is 2.24. The number of rotatable bonds is 6. The second-order valence-corrected chi connectivity index (χ2v) is 7.64. The zero-order valence-electron chi connectivity index (χ0n) is 17.3. The van der Waals surface area contributed by atoms with Crippen molar-refractivity contribution < 1.29 is 13.9 Å². The van der Waals surface area contributed by atoms with Crippen molar-refractivity contribution in [3.05, 3.63) is 59.4 Å². The zero-order chi connectivity index (χ0) is 21.5. The third-order valence-electron chi connectivity index (χ3n) is 5.23. The molecule has 0 aliphatic carbocycles. The van der Waals surface area contributed by atoms with Crippen LogP contribution in [0.4, 0.5) is 14.9 Å². The standard InChI is InChI=1S/C23H27FN4O2/c1-16(11-17-5-3-7-20(12-17)30-2)26-23(29)27-19-6-4-10-28(15-19)22-9-8-18(14-25)13-21(22)24/h3,5,7-9,12-13,16,19H,4,6,10-11,15H2,1-2H3,(H2,26,27,29). The van der Waals surface area contributed by atoms with Gasteiger partial charge in [-0.3, -0.25) is 0 Å². The monoisotopic (exact) mass is 410 g/mol. The van der Waals surface area contributed by atoms with Crippen molar-refractivity contribution in [2.24, 2.45) is 0 Å². The van der Waals surface area contributed by atoms with Gasteiger partial charge in [0.2, 0.25) is 0 Å². The summed E-state index contributed by atoms with van der Waals surface area (Å²) in [5.41, 5.74) is 1.85. The van der Waals surface area contributed by atoms with E-state index in [1.807, 2.05) is 42.2 Å². The second-order valence-electron chi connectivity index (χ2n) is 7.64. The van der Waals surface area contributed by atoms with E-state index in [0.717, 1.165) is 30.7 Å². The van der Waals surface area contributed by atoms with Gasteiger partial charge in [-0.1, -0.05) is 12.1 Å². The van der Waals surface area contributed by atoms with Gasteiger partial charge in [0, 0.05) is 25.2 Å². The lowest BCUT2D eigenvalue weighted by atomic mass is 10.0. The van der Waals surface area contributed by atoms with Crippen LogP contribution in [0, 0.1) is 17.1 Å². The predicted molar refractivity (Wildman–Crippen MR) is 114 cm³/mol. The molecule has 1 heterocycles. The van der Waals surface area contributed by atoms with Crippen LogP contribution in [0.5, 0.6) is 5.75 Å². The maximum Gasteiger partial charge on any atom is 0.315 e. The first-order chi connectivity index (χ1) is 14.5. The molecule has 0 spiro atoms. The van der Waals surface area contributed by atoms with E-state index in [9.17, 15) is 9.18 Å². The van der Waals surface area contributed by atoms with Gasteiger partial charge < -0.3 is 20.3 Å². The van der Waals surface area contributed by atoms with Crippen LogP contribution in [0.2, 0.25) is 0 Å². The van der Waals surface area contributed by atoms with Crippen LogP contribution in [-0.4, -0.2) is 38.3 Å². The minimum absolute atomic E-state index is 0.0484. The van der Waals surface area contributed by atoms with E-state index in [4.69, 9.17) is 10.00 Å². The molecule has 2 N–H and O–H groups in total. The van der Waals surface area contributed by atoms with Gasteiger partial charge in [-0.2, -0.15) is 5.26 Å². The Kier molecular flexibility index (Phi) is 7.12. The first-order valence-electron chi connectivity index (χ1n) is 10.1. The number of nitriles is 1. The maximum atomic E-state index is 14.3. The second kappa shape index (κ2) is 9.97. The van der Waals surface area contributed by atoms with Crippen LogP contribution in [0.3, 0.4) is 0 Å². The van der Waals surface area contributed by atoms with Gasteiger partial charge in [-0.15, -0.1) is 0 Å². The van der Waals surface area contributed by atoms with Gasteiger partial charge in [0.25, 0.3) is 0 Å². The number of urea groups is 1. The Morgan fingerprint density at radius 2 is 2.20 bits per heavy atom. The van der Waals surface area contributed by atoms with Crippen LogP contribution < -0.4 is 20.3 Å². The average Bonchev–Trinajstić information content (AvgIpc) is 2.73. The fraction of sp³-hybridized carbons (Fsp3) is 0.391. The molecule has 0 saturated carbocycles. The summed E-state index contributed by atoms with van der Waals surface area (Å²) >= 11 is 0. The number of piperidine rings is 1. The minimum Gasteiger partial charge on any atom is -0.497 e. The normalized spacial score (nSPS) is 17.0. The molecule has 1 aliphatic heterocycles. The maximum absolute atomic E-state index is 14.3. The highest BCUT2D eigenvalue weighted by Crippen LogP contribution is 2.24. The highest BCUT2D eigenvalue weighted by atomic mass is 19.1. The largest absolute Gasteiger partial charge is 0.497 e. The quantitative estimate of drug-likeness (QED) is 0.763. The summed E-state index contributed by atoms with van der Waals surface area (Å²) in [6.45, 7) is 3.20. The Morgan fingerprint density at radius 1 is 1.37 bits per heavy atom. The van der Waals surface area contributed by atoms with Gasteiger partial charge in [-0.25, -0.2) is 9.18 Å². The lowest BCUT2D eigenvalue weighted by Gasteiger charge is -2.35. The molecular weight excluding hydrogens is 383 g/mol. The number of hydrogen-bond donors (Lipinski definition) is 2. The number of ether oxygens (including phenoxy) is 1. The third kappa shape index (κ3) is 5.63. The molecule has 0 aromatic heterocycles. The molecule has 2 unspecified atom stereocenters. The number of benzene rings is 2. The fourth-order valence-electron chi connectivity index (χ4n) is 3.80. The molecule has 2 atom stereocenters. The number of carbonyl (C=O) groups excluding carboxylic acids is 1. The summed E-state index contributed by atoms with van der Waals surface area (Å²) in [6, 6.07) is 13.9. The Balaban J connectivity index is 1.53. The van der Waals surface area contributed by atoms with Crippen LogP contribution in [0.1, 0.15) is 30.9 Å². The van der Waals surface area contributed by atoms with Gasteiger partial charge in [0.1, 0.15) is 11.6 Å². The van der Waals surface area contributed by atoms with E-state index in [1.54, 1.807) is 19.2 Å². The molecule has 3 rings (SSSR count). The number of carbonyl (C=O) groups is 1. The number of hydrogen-bond acceptors (Lipinski definition) is 4. The number of nitrogens with zero attached hydrogens (tertiary/aromatic N) is 2. The Labute approximate surface area is 176 Å². The van der Waals surface area contributed by atoms with Gasteiger partial charge in [-0.05, 0) is 62.1 Å². The summed E-state index contributed by atoms with van der Waals surface area (Å²) in [5.74, 6) is 0.382. The molecule has 30 heavy (non-hydrogen) atoms. The number of halogens is 1. The van der Waals surface area contributed by atoms with E-state index in [2.05, 4.69) is 10.6 Å². The van der Waals surface area contributed by atoms with E-state index in [0.29, 0.717) is 24.2 Å². The lowest BCUT2D eigenvalue weighted by Crippen LogP contribution is -2.52. The summed E-state index contributed by atoms with van der Waals surface area (Å²) in [6.07, 6.45) is 2.38. The predicted octanol–water partition coefficient (Wildman–Crippen LogP) is 3.61. The smallest absolute Gasteiger partial charge is 0.315 e.